The highest BCUT2D eigenvalue weighted by atomic mass is 35.5. The van der Waals surface area contributed by atoms with Gasteiger partial charge in [0.2, 0.25) is 0 Å². The summed E-state index contributed by atoms with van der Waals surface area (Å²) in [6.45, 7) is 1.72. The lowest BCUT2D eigenvalue weighted by molar-refractivity contribution is -0.0670. The van der Waals surface area contributed by atoms with Gasteiger partial charge in [-0.3, -0.25) is 4.98 Å². The van der Waals surface area contributed by atoms with Crippen LogP contribution in [0.3, 0.4) is 0 Å². The molecule has 1 aromatic heterocycles. The summed E-state index contributed by atoms with van der Waals surface area (Å²) in [6, 6.07) is 2.58. The maximum atomic E-state index is 12.4. The first-order valence-corrected chi connectivity index (χ1v) is 4.31. The van der Waals surface area contributed by atoms with Gasteiger partial charge < -0.3 is 10.5 Å². The highest BCUT2D eigenvalue weighted by molar-refractivity contribution is 5.85. The van der Waals surface area contributed by atoms with Gasteiger partial charge >= 0.3 is 6.43 Å². The predicted octanol–water partition coefficient (Wildman–Crippen LogP) is 2.46. The molecule has 1 aromatic rings. The molecule has 16 heavy (non-hydrogen) atoms. The standard InChI is InChI=1S/C9H11F3N2O.ClH/c1-5(13)7-3-2-6(4-14-7)15-9(12)8(10)11;/h2-5,8-9H,13H2,1H3;1H/t5-,9?;/m1./s1. The van der Waals surface area contributed by atoms with Crippen molar-refractivity contribution < 1.29 is 17.9 Å². The first-order valence-electron chi connectivity index (χ1n) is 4.31. The molecule has 92 valence electrons. The number of halogens is 4. The van der Waals surface area contributed by atoms with Crippen molar-refractivity contribution in [3.63, 3.8) is 0 Å². The van der Waals surface area contributed by atoms with Crippen molar-refractivity contribution in [1.29, 1.82) is 0 Å². The lowest BCUT2D eigenvalue weighted by Gasteiger charge is -2.10. The Morgan fingerprint density at radius 3 is 2.31 bits per heavy atom. The maximum absolute atomic E-state index is 12.4. The number of rotatable bonds is 4. The Balaban J connectivity index is 0.00000225. The molecule has 0 saturated heterocycles. The Morgan fingerprint density at radius 1 is 1.31 bits per heavy atom. The van der Waals surface area contributed by atoms with Gasteiger partial charge in [0.1, 0.15) is 5.75 Å². The van der Waals surface area contributed by atoms with Gasteiger partial charge in [0.15, 0.2) is 0 Å². The van der Waals surface area contributed by atoms with Gasteiger partial charge in [-0.05, 0) is 19.1 Å². The van der Waals surface area contributed by atoms with E-state index < -0.39 is 12.8 Å². The number of aromatic nitrogens is 1. The van der Waals surface area contributed by atoms with Crippen LogP contribution in [0.4, 0.5) is 13.2 Å². The summed E-state index contributed by atoms with van der Waals surface area (Å²) in [5.41, 5.74) is 6.09. The van der Waals surface area contributed by atoms with Gasteiger partial charge in [0.05, 0.1) is 11.9 Å². The van der Waals surface area contributed by atoms with Gasteiger partial charge in [-0.1, -0.05) is 0 Å². The third kappa shape index (κ3) is 4.24. The van der Waals surface area contributed by atoms with E-state index in [4.69, 9.17) is 5.73 Å². The summed E-state index contributed by atoms with van der Waals surface area (Å²) in [4.78, 5) is 3.83. The number of hydrogen-bond donors (Lipinski definition) is 1. The summed E-state index contributed by atoms with van der Waals surface area (Å²) >= 11 is 0. The number of nitrogens with two attached hydrogens (primary N) is 1. The third-order valence-corrected chi connectivity index (χ3v) is 1.67. The molecular weight excluding hydrogens is 245 g/mol. The molecule has 0 bridgehead atoms. The molecule has 7 heteroatoms. The summed E-state index contributed by atoms with van der Waals surface area (Å²) in [5.74, 6) is -0.0489. The van der Waals surface area contributed by atoms with Crippen LogP contribution in [-0.4, -0.2) is 17.8 Å². The monoisotopic (exact) mass is 256 g/mol. The summed E-state index contributed by atoms with van der Waals surface area (Å²) < 4.78 is 40.3. The molecule has 0 aromatic carbocycles. The molecule has 3 nitrogen and oxygen atoms in total. The number of alkyl halides is 3. The lowest BCUT2D eigenvalue weighted by Crippen LogP contribution is -2.19. The molecule has 0 spiro atoms. The zero-order valence-corrected chi connectivity index (χ0v) is 9.26. The zero-order chi connectivity index (χ0) is 11.4. The van der Waals surface area contributed by atoms with Crippen LogP contribution in [0.25, 0.3) is 0 Å². The minimum Gasteiger partial charge on any atom is -0.453 e. The van der Waals surface area contributed by atoms with Crippen molar-refractivity contribution in [2.45, 2.75) is 25.7 Å². The van der Waals surface area contributed by atoms with E-state index in [1.807, 2.05) is 0 Å². The number of nitrogens with zero attached hydrogens (tertiary/aromatic N) is 1. The predicted molar refractivity (Wildman–Crippen MR) is 55.6 cm³/mol. The van der Waals surface area contributed by atoms with Crippen LogP contribution in [0.5, 0.6) is 5.75 Å². The molecule has 0 radical (unpaired) electrons. The zero-order valence-electron chi connectivity index (χ0n) is 8.44. The number of pyridine rings is 1. The lowest BCUT2D eigenvalue weighted by atomic mass is 10.2. The first-order chi connectivity index (χ1) is 7.00. The topological polar surface area (TPSA) is 48.1 Å². The minimum absolute atomic E-state index is 0. The molecule has 1 unspecified atom stereocenters. The van der Waals surface area contributed by atoms with Gasteiger partial charge in [-0.2, -0.15) is 4.39 Å². The molecule has 0 aliphatic heterocycles. The molecule has 0 aliphatic rings. The van der Waals surface area contributed by atoms with Crippen molar-refractivity contribution in [3.8, 4) is 5.75 Å². The quantitative estimate of drug-likeness (QED) is 0.900. The van der Waals surface area contributed by atoms with E-state index in [0.29, 0.717) is 5.69 Å². The van der Waals surface area contributed by atoms with E-state index in [-0.39, 0.29) is 24.2 Å². The van der Waals surface area contributed by atoms with Gasteiger partial charge in [-0.15, -0.1) is 12.4 Å². The van der Waals surface area contributed by atoms with Gasteiger partial charge in [-0.25, -0.2) is 8.78 Å². The van der Waals surface area contributed by atoms with E-state index in [0.717, 1.165) is 6.20 Å². The van der Waals surface area contributed by atoms with Crippen molar-refractivity contribution in [3.05, 3.63) is 24.0 Å². The van der Waals surface area contributed by atoms with Crippen LogP contribution in [0.2, 0.25) is 0 Å². The molecule has 2 N–H and O–H groups in total. The number of ether oxygens (including phenoxy) is 1. The molecule has 1 rings (SSSR count). The molecule has 0 fully saturated rings. The van der Waals surface area contributed by atoms with Crippen molar-refractivity contribution in [2.24, 2.45) is 5.73 Å². The van der Waals surface area contributed by atoms with Crippen LogP contribution in [0.1, 0.15) is 18.7 Å². The number of hydrogen-bond acceptors (Lipinski definition) is 3. The SMILES string of the molecule is C[C@@H](N)c1ccc(OC(F)C(F)F)cn1.Cl. The van der Waals surface area contributed by atoms with Crippen molar-refractivity contribution in [2.75, 3.05) is 0 Å². The van der Waals surface area contributed by atoms with Crippen LogP contribution >= 0.6 is 12.4 Å². The van der Waals surface area contributed by atoms with E-state index in [2.05, 4.69) is 9.72 Å². The van der Waals surface area contributed by atoms with Crippen LogP contribution in [0, 0.1) is 0 Å². The fourth-order valence-corrected chi connectivity index (χ4v) is 0.912. The Bertz CT molecular complexity index is 308. The Kier molecular flexibility index (Phi) is 6.13. The molecule has 2 atom stereocenters. The second-order valence-electron chi connectivity index (χ2n) is 3.01. The highest BCUT2D eigenvalue weighted by Gasteiger charge is 2.20. The van der Waals surface area contributed by atoms with Gasteiger partial charge in [0, 0.05) is 6.04 Å². The van der Waals surface area contributed by atoms with Crippen LogP contribution < -0.4 is 10.5 Å². The molecule has 1 heterocycles. The maximum Gasteiger partial charge on any atom is 0.304 e. The summed E-state index contributed by atoms with van der Waals surface area (Å²) in [6.07, 6.45) is -4.64. The average Bonchev–Trinajstić information content (AvgIpc) is 2.18. The van der Waals surface area contributed by atoms with Crippen LogP contribution in [0.15, 0.2) is 18.3 Å². The van der Waals surface area contributed by atoms with E-state index >= 15 is 0 Å². The smallest absolute Gasteiger partial charge is 0.304 e. The van der Waals surface area contributed by atoms with Crippen molar-refractivity contribution in [1.82, 2.24) is 4.98 Å². The van der Waals surface area contributed by atoms with Crippen LogP contribution in [-0.2, 0) is 0 Å². The van der Waals surface area contributed by atoms with E-state index in [9.17, 15) is 13.2 Å². The van der Waals surface area contributed by atoms with Gasteiger partial charge in [0.25, 0.3) is 6.36 Å². The summed E-state index contributed by atoms with van der Waals surface area (Å²) in [7, 11) is 0. The molecule has 0 saturated carbocycles. The fourth-order valence-electron chi connectivity index (χ4n) is 0.912. The average molecular weight is 257 g/mol. The Labute approximate surface area is 97.2 Å². The van der Waals surface area contributed by atoms with E-state index in [1.165, 1.54) is 12.1 Å². The Morgan fingerprint density at radius 2 is 1.94 bits per heavy atom. The van der Waals surface area contributed by atoms with Crippen molar-refractivity contribution >= 4 is 12.4 Å². The highest BCUT2D eigenvalue weighted by Crippen LogP contribution is 2.17. The largest absolute Gasteiger partial charge is 0.453 e. The minimum atomic E-state index is -3.17. The second-order valence-corrected chi connectivity index (χ2v) is 3.01. The third-order valence-electron chi connectivity index (χ3n) is 1.67. The Hall–Kier alpha value is -1.01. The normalized spacial score (nSPS) is 14.1. The molecule has 0 amide bonds. The fraction of sp³-hybridized carbons (Fsp3) is 0.444. The van der Waals surface area contributed by atoms with E-state index in [1.54, 1.807) is 6.92 Å². The second kappa shape index (κ2) is 6.55. The molecular formula is C9H12ClF3N2O. The first kappa shape index (κ1) is 15.0. The summed E-state index contributed by atoms with van der Waals surface area (Å²) in [5, 5.41) is 0. The molecule has 0 aliphatic carbocycles.